The Balaban J connectivity index is 2.42. The maximum atomic E-state index is 13.7. The molecule has 3 rings (SSSR count). The Morgan fingerprint density at radius 3 is 2.25 bits per heavy atom. The zero-order chi connectivity index (χ0) is 23.8. The number of halogens is 4. The van der Waals surface area contributed by atoms with Crippen LogP contribution >= 0.6 is 11.6 Å². The Kier molecular flexibility index (Phi) is 6.82. The van der Waals surface area contributed by atoms with E-state index >= 15 is 0 Å². The van der Waals surface area contributed by atoms with Gasteiger partial charge in [0.05, 0.1) is 24.7 Å². The van der Waals surface area contributed by atoms with Crippen molar-refractivity contribution in [2.75, 3.05) is 21.2 Å². The molecule has 0 amide bonds. The summed E-state index contributed by atoms with van der Waals surface area (Å²) in [6.45, 7) is -0.310. The van der Waals surface area contributed by atoms with Crippen LogP contribution < -0.4 is 4.74 Å². The second-order valence-corrected chi connectivity index (χ2v) is 7.84. The molecule has 172 valence electrons. The summed E-state index contributed by atoms with van der Waals surface area (Å²) < 4.78 is 47.2. The first kappa shape index (κ1) is 24.0. The van der Waals surface area contributed by atoms with Crippen molar-refractivity contribution in [3.8, 4) is 5.75 Å². The number of carbonyl (C=O) groups is 1. The number of hydrogen-bond acceptors (Lipinski definition) is 6. The van der Waals surface area contributed by atoms with E-state index in [1.807, 2.05) is 0 Å². The molecule has 3 aromatic rings. The van der Waals surface area contributed by atoms with Crippen molar-refractivity contribution in [3.63, 3.8) is 0 Å². The first-order chi connectivity index (χ1) is 14.9. The predicted octanol–water partition coefficient (Wildman–Crippen LogP) is 4.65. The summed E-state index contributed by atoms with van der Waals surface area (Å²) in [6, 6.07) is 7.93. The van der Waals surface area contributed by atoms with Crippen LogP contribution in [0.5, 0.6) is 5.75 Å². The molecule has 0 unspecified atom stereocenters. The number of fused-ring (bicyclic) bond motifs is 1. The lowest BCUT2D eigenvalue weighted by Crippen LogP contribution is -2.22. The number of carbonyl (C=O) groups excluding carboxylic acids is 1. The average molecular weight is 472 g/mol. The molecule has 32 heavy (non-hydrogen) atoms. The first-order valence-electron chi connectivity index (χ1n) is 9.35. The standard InChI is InChI=1S/C21H21ClF3N3O4/c1-26(2)11-18-15(10-27(30)31)14-8-19(32-3)16(21(23,24)25)9-17(14)28(18)20(29)12-4-6-13(22)7-5-12/h4-9,30-31H,10-11H2,1-3H3. The van der Waals surface area contributed by atoms with Crippen molar-refractivity contribution in [3.05, 3.63) is 63.8 Å². The lowest BCUT2D eigenvalue weighted by molar-refractivity contribution is -0.314. The van der Waals surface area contributed by atoms with Crippen LogP contribution in [-0.2, 0) is 19.3 Å². The number of benzene rings is 2. The van der Waals surface area contributed by atoms with Crippen molar-refractivity contribution in [2.24, 2.45) is 0 Å². The summed E-state index contributed by atoms with van der Waals surface area (Å²) in [6.07, 6.45) is -4.74. The molecule has 0 saturated carbocycles. The number of aromatic nitrogens is 1. The maximum absolute atomic E-state index is 13.7. The Morgan fingerprint density at radius 2 is 1.75 bits per heavy atom. The number of alkyl halides is 3. The average Bonchev–Trinajstić information content (AvgIpc) is 2.97. The Hall–Kier alpha value is -2.63. The third-order valence-corrected chi connectivity index (χ3v) is 5.12. The van der Waals surface area contributed by atoms with E-state index in [4.69, 9.17) is 16.3 Å². The molecule has 0 aliphatic heterocycles. The van der Waals surface area contributed by atoms with E-state index in [1.54, 1.807) is 19.0 Å². The smallest absolute Gasteiger partial charge is 0.420 e. The molecule has 0 aliphatic rings. The number of methoxy groups -OCH3 is 1. The molecule has 0 spiro atoms. The van der Waals surface area contributed by atoms with E-state index in [9.17, 15) is 28.4 Å². The van der Waals surface area contributed by atoms with Gasteiger partial charge in [-0.3, -0.25) is 19.8 Å². The van der Waals surface area contributed by atoms with E-state index in [0.717, 1.165) is 23.8 Å². The van der Waals surface area contributed by atoms with Gasteiger partial charge in [0.25, 0.3) is 5.91 Å². The molecule has 7 nitrogen and oxygen atoms in total. The molecule has 0 atom stereocenters. The molecule has 0 bridgehead atoms. The molecule has 2 aromatic carbocycles. The molecule has 0 radical (unpaired) electrons. The van der Waals surface area contributed by atoms with Crippen LogP contribution in [0.4, 0.5) is 13.2 Å². The van der Waals surface area contributed by atoms with Crippen molar-refractivity contribution in [1.82, 2.24) is 14.7 Å². The van der Waals surface area contributed by atoms with Gasteiger partial charge in [-0.25, -0.2) is 0 Å². The largest absolute Gasteiger partial charge is 0.496 e. The fourth-order valence-corrected chi connectivity index (χ4v) is 3.68. The summed E-state index contributed by atoms with van der Waals surface area (Å²) in [5.74, 6) is -1.03. The van der Waals surface area contributed by atoms with Crippen molar-refractivity contribution in [2.45, 2.75) is 19.3 Å². The molecule has 2 N–H and O–H groups in total. The summed E-state index contributed by atoms with van der Waals surface area (Å²) in [7, 11) is 4.54. The third kappa shape index (κ3) is 4.74. The number of hydrogen-bond donors (Lipinski definition) is 2. The predicted molar refractivity (Wildman–Crippen MR) is 111 cm³/mol. The minimum Gasteiger partial charge on any atom is -0.496 e. The zero-order valence-electron chi connectivity index (χ0n) is 17.4. The highest BCUT2D eigenvalue weighted by molar-refractivity contribution is 6.30. The Morgan fingerprint density at radius 1 is 1.12 bits per heavy atom. The second kappa shape index (κ2) is 9.08. The highest BCUT2D eigenvalue weighted by Crippen LogP contribution is 2.41. The van der Waals surface area contributed by atoms with E-state index in [2.05, 4.69) is 0 Å². The van der Waals surface area contributed by atoms with E-state index in [-0.39, 0.29) is 33.8 Å². The van der Waals surface area contributed by atoms with Crippen LogP contribution in [-0.4, -0.2) is 52.2 Å². The molecule has 1 aromatic heterocycles. The molecule has 1 heterocycles. The van der Waals surface area contributed by atoms with Crippen molar-refractivity contribution in [1.29, 1.82) is 0 Å². The van der Waals surface area contributed by atoms with Crippen LogP contribution in [0, 0.1) is 0 Å². The maximum Gasteiger partial charge on any atom is 0.420 e. The van der Waals surface area contributed by atoms with Gasteiger partial charge in [0.15, 0.2) is 0 Å². The summed E-state index contributed by atoms with van der Waals surface area (Å²) in [5, 5.41) is 19.5. The topological polar surface area (TPSA) is 78.2 Å². The summed E-state index contributed by atoms with van der Waals surface area (Å²) >= 11 is 5.90. The molecular formula is C21H21ClF3N3O4. The third-order valence-electron chi connectivity index (χ3n) is 4.87. The number of ether oxygens (including phenoxy) is 1. The van der Waals surface area contributed by atoms with Gasteiger partial charge in [0.2, 0.25) is 0 Å². The fourth-order valence-electron chi connectivity index (χ4n) is 3.56. The SMILES string of the molecule is COc1cc2c(CN(O)O)c(CN(C)C)n(C(=O)c3ccc(Cl)cc3)c2cc1C(F)(F)F. The second-order valence-electron chi connectivity index (χ2n) is 7.41. The summed E-state index contributed by atoms with van der Waals surface area (Å²) in [5.41, 5.74) is -0.311. The van der Waals surface area contributed by atoms with E-state index < -0.39 is 29.9 Å². The van der Waals surface area contributed by atoms with Crippen molar-refractivity contribution >= 4 is 28.4 Å². The van der Waals surface area contributed by atoms with Crippen LogP contribution in [0.25, 0.3) is 10.9 Å². The molecule has 0 aliphatic carbocycles. The molecule has 0 saturated heterocycles. The normalized spacial score (nSPS) is 12.2. The lowest BCUT2D eigenvalue weighted by atomic mass is 10.1. The monoisotopic (exact) mass is 471 g/mol. The number of hydroxylamine groups is 2. The van der Waals surface area contributed by atoms with Gasteiger partial charge in [0, 0.05) is 33.8 Å². The lowest BCUT2D eigenvalue weighted by Gasteiger charge is -2.16. The van der Waals surface area contributed by atoms with Gasteiger partial charge in [-0.1, -0.05) is 16.8 Å². The van der Waals surface area contributed by atoms with Gasteiger partial charge in [-0.2, -0.15) is 13.2 Å². The molecular weight excluding hydrogens is 451 g/mol. The van der Waals surface area contributed by atoms with Gasteiger partial charge in [0.1, 0.15) is 5.75 Å². The van der Waals surface area contributed by atoms with Crippen LogP contribution in [0.1, 0.15) is 27.2 Å². The van der Waals surface area contributed by atoms with Gasteiger partial charge in [-0.15, -0.1) is 0 Å². The van der Waals surface area contributed by atoms with Gasteiger partial charge < -0.3 is 9.64 Å². The zero-order valence-corrected chi connectivity index (χ0v) is 18.2. The van der Waals surface area contributed by atoms with Crippen LogP contribution in [0.15, 0.2) is 36.4 Å². The molecule has 0 fully saturated rings. The summed E-state index contributed by atoms with van der Waals surface area (Å²) in [4.78, 5) is 15.2. The quantitative estimate of drug-likeness (QED) is 0.509. The van der Waals surface area contributed by atoms with Crippen LogP contribution in [0.2, 0.25) is 5.02 Å². The van der Waals surface area contributed by atoms with Gasteiger partial charge >= 0.3 is 6.18 Å². The highest BCUT2D eigenvalue weighted by atomic mass is 35.5. The van der Waals surface area contributed by atoms with Gasteiger partial charge in [-0.05, 0) is 50.5 Å². The number of rotatable bonds is 6. The minimum atomic E-state index is -4.74. The van der Waals surface area contributed by atoms with E-state index in [1.165, 1.54) is 24.3 Å². The Bertz CT molecular complexity index is 1140. The highest BCUT2D eigenvalue weighted by Gasteiger charge is 2.36. The van der Waals surface area contributed by atoms with E-state index in [0.29, 0.717) is 10.7 Å². The van der Waals surface area contributed by atoms with Crippen LogP contribution in [0.3, 0.4) is 0 Å². The number of nitrogens with zero attached hydrogens (tertiary/aromatic N) is 3. The minimum absolute atomic E-state index is 0.0354. The Labute approximate surface area is 186 Å². The first-order valence-corrected chi connectivity index (χ1v) is 9.73. The fraction of sp³-hybridized carbons (Fsp3) is 0.286. The molecule has 11 heteroatoms. The van der Waals surface area contributed by atoms with Crippen molar-refractivity contribution < 1.29 is 33.1 Å².